The van der Waals surface area contributed by atoms with Crippen molar-refractivity contribution in [2.24, 2.45) is 5.92 Å². The quantitative estimate of drug-likeness (QED) is 0.866. The van der Waals surface area contributed by atoms with Gasteiger partial charge in [0.15, 0.2) is 0 Å². The molecule has 1 saturated carbocycles. The molecule has 2 rings (SSSR count). The van der Waals surface area contributed by atoms with Crippen molar-refractivity contribution in [1.29, 1.82) is 0 Å². The van der Waals surface area contributed by atoms with E-state index in [1.54, 1.807) is 12.1 Å². The molecular weight excluding hydrogens is 237 g/mol. The molecule has 2 atom stereocenters. The van der Waals surface area contributed by atoms with Crippen LogP contribution in [0, 0.1) is 11.7 Å². The second-order valence-corrected chi connectivity index (χ2v) is 5.25. The average molecular weight is 256 g/mol. The molecule has 0 aromatic heterocycles. The molecule has 1 aliphatic carbocycles. The van der Waals surface area contributed by atoms with Gasteiger partial charge in [-0.25, -0.2) is 4.39 Å². The molecule has 1 nitrogen and oxygen atoms in total. The highest BCUT2D eigenvalue weighted by Gasteiger charge is 2.25. The fraction of sp³-hybridized carbons (Fsp3) is 0.571. The average Bonchev–Trinajstić information content (AvgIpc) is 2.34. The monoisotopic (exact) mass is 255 g/mol. The Labute approximate surface area is 107 Å². The molecule has 0 saturated heterocycles. The fourth-order valence-electron chi connectivity index (χ4n) is 2.82. The van der Waals surface area contributed by atoms with Gasteiger partial charge in [-0.3, -0.25) is 0 Å². The van der Waals surface area contributed by atoms with Gasteiger partial charge in [0, 0.05) is 16.6 Å². The zero-order valence-electron chi connectivity index (χ0n) is 10.2. The highest BCUT2D eigenvalue weighted by atomic mass is 35.5. The Morgan fingerprint density at radius 2 is 2.12 bits per heavy atom. The first-order chi connectivity index (χ1) is 8.22. The third kappa shape index (κ3) is 2.99. The van der Waals surface area contributed by atoms with Crippen molar-refractivity contribution in [3.05, 3.63) is 34.6 Å². The number of nitrogens with one attached hydrogen (secondary N) is 1. The Morgan fingerprint density at radius 1 is 1.35 bits per heavy atom. The van der Waals surface area contributed by atoms with Crippen molar-refractivity contribution in [3.63, 3.8) is 0 Å². The summed E-state index contributed by atoms with van der Waals surface area (Å²) in [6.45, 7) is 0. The predicted molar refractivity (Wildman–Crippen MR) is 69.9 cm³/mol. The van der Waals surface area contributed by atoms with Crippen LogP contribution in [0.2, 0.25) is 5.02 Å². The summed E-state index contributed by atoms with van der Waals surface area (Å²) in [6.07, 6.45) is 5.61. The van der Waals surface area contributed by atoms with Crippen LogP contribution in [0.3, 0.4) is 0 Å². The van der Waals surface area contributed by atoms with Crippen LogP contribution in [0.15, 0.2) is 18.2 Å². The third-order valence-corrected chi connectivity index (χ3v) is 4.16. The zero-order valence-corrected chi connectivity index (χ0v) is 10.9. The summed E-state index contributed by atoms with van der Waals surface area (Å²) < 4.78 is 13.7. The van der Waals surface area contributed by atoms with E-state index in [0.29, 0.717) is 22.5 Å². The number of hydrogen-bond donors (Lipinski definition) is 1. The van der Waals surface area contributed by atoms with Crippen LogP contribution in [-0.2, 0) is 6.42 Å². The van der Waals surface area contributed by atoms with Gasteiger partial charge in [0.1, 0.15) is 5.82 Å². The molecule has 0 amide bonds. The number of hydrogen-bond acceptors (Lipinski definition) is 1. The first-order valence-electron chi connectivity index (χ1n) is 6.32. The van der Waals surface area contributed by atoms with E-state index in [1.807, 2.05) is 7.05 Å². The Hall–Kier alpha value is -0.600. The van der Waals surface area contributed by atoms with E-state index in [4.69, 9.17) is 11.6 Å². The van der Waals surface area contributed by atoms with E-state index in [-0.39, 0.29) is 5.82 Å². The molecule has 1 fully saturated rings. The van der Waals surface area contributed by atoms with E-state index >= 15 is 0 Å². The predicted octanol–water partition coefficient (Wildman–Crippen LogP) is 3.80. The minimum absolute atomic E-state index is 0.169. The Morgan fingerprint density at radius 3 is 2.82 bits per heavy atom. The van der Waals surface area contributed by atoms with Gasteiger partial charge >= 0.3 is 0 Å². The summed E-state index contributed by atoms with van der Waals surface area (Å²) >= 11 is 6.08. The van der Waals surface area contributed by atoms with Gasteiger partial charge in [0.05, 0.1) is 0 Å². The molecule has 0 bridgehead atoms. The van der Waals surface area contributed by atoms with E-state index in [0.717, 1.165) is 12.8 Å². The molecule has 1 aromatic rings. The van der Waals surface area contributed by atoms with Gasteiger partial charge in [-0.05, 0) is 44.4 Å². The van der Waals surface area contributed by atoms with Crippen LogP contribution in [-0.4, -0.2) is 13.1 Å². The highest BCUT2D eigenvalue weighted by molar-refractivity contribution is 6.31. The van der Waals surface area contributed by atoms with E-state index in [9.17, 15) is 4.39 Å². The Balaban J connectivity index is 2.13. The number of rotatable bonds is 3. The lowest BCUT2D eigenvalue weighted by Crippen LogP contribution is -2.37. The van der Waals surface area contributed by atoms with E-state index in [1.165, 1.54) is 25.3 Å². The smallest absolute Gasteiger partial charge is 0.127 e. The van der Waals surface area contributed by atoms with Crippen molar-refractivity contribution < 1.29 is 4.39 Å². The van der Waals surface area contributed by atoms with Crippen LogP contribution in [0.4, 0.5) is 4.39 Å². The molecule has 3 heteroatoms. The lowest BCUT2D eigenvalue weighted by molar-refractivity contribution is 0.271. The SMILES string of the molecule is CNC1CCCCC1Cc1c(F)cccc1Cl. The van der Waals surface area contributed by atoms with Crippen molar-refractivity contribution >= 4 is 11.6 Å². The molecule has 0 spiro atoms. The molecule has 0 radical (unpaired) electrons. The van der Waals surface area contributed by atoms with Crippen LogP contribution in [0.1, 0.15) is 31.2 Å². The van der Waals surface area contributed by atoms with Crippen LogP contribution in [0.5, 0.6) is 0 Å². The molecule has 1 aliphatic rings. The maximum atomic E-state index is 13.7. The molecule has 17 heavy (non-hydrogen) atoms. The molecule has 0 heterocycles. The first-order valence-corrected chi connectivity index (χ1v) is 6.70. The van der Waals surface area contributed by atoms with Gasteiger partial charge in [0.25, 0.3) is 0 Å². The fourth-order valence-corrected chi connectivity index (χ4v) is 3.06. The summed E-state index contributed by atoms with van der Waals surface area (Å²) in [5.41, 5.74) is 0.682. The third-order valence-electron chi connectivity index (χ3n) is 3.81. The van der Waals surface area contributed by atoms with Gasteiger partial charge in [-0.2, -0.15) is 0 Å². The zero-order chi connectivity index (χ0) is 12.3. The normalized spacial score (nSPS) is 24.9. The molecule has 94 valence electrons. The van der Waals surface area contributed by atoms with Crippen LogP contribution >= 0.6 is 11.6 Å². The topological polar surface area (TPSA) is 12.0 Å². The minimum Gasteiger partial charge on any atom is -0.317 e. The lowest BCUT2D eigenvalue weighted by Gasteiger charge is -2.31. The molecule has 0 aliphatic heterocycles. The molecule has 1 N–H and O–H groups in total. The van der Waals surface area contributed by atoms with Crippen LogP contribution < -0.4 is 5.32 Å². The molecular formula is C14H19ClFN. The Bertz CT molecular complexity index is 360. The first kappa shape index (κ1) is 12.8. The second kappa shape index (κ2) is 5.83. The van der Waals surface area contributed by atoms with Crippen LogP contribution in [0.25, 0.3) is 0 Å². The minimum atomic E-state index is -0.169. The summed E-state index contributed by atoms with van der Waals surface area (Å²) in [4.78, 5) is 0. The highest BCUT2D eigenvalue weighted by Crippen LogP contribution is 2.30. The summed E-state index contributed by atoms with van der Waals surface area (Å²) in [7, 11) is 1.99. The van der Waals surface area contributed by atoms with Crippen molar-refractivity contribution in [2.75, 3.05) is 7.05 Å². The maximum Gasteiger partial charge on any atom is 0.127 e. The summed E-state index contributed by atoms with van der Waals surface area (Å²) in [5.74, 6) is 0.334. The summed E-state index contributed by atoms with van der Waals surface area (Å²) in [6, 6.07) is 5.44. The van der Waals surface area contributed by atoms with Crippen molar-refractivity contribution in [2.45, 2.75) is 38.1 Å². The van der Waals surface area contributed by atoms with Gasteiger partial charge in [-0.1, -0.05) is 30.5 Å². The number of benzene rings is 1. The van der Waals surface area contributed by atoms with E-state index in [2.05, 4.69) is 5.32 Å². The van der Waals surface area contributed by atoms with Gasteiger partial charge in [0.2, 0.25) is 0 Å². The largest absolute Gasteiger partial charge is 0.317 e. The Kier molecular flexibility index (Phi) is 4.41. The maximum absolute atomic E-state index is 13.7. The number of halogens is 2. The van der Waals surface area contributed by atoms with Gasteiger partial charge < -0.3 is 5.32 Å². The van der Waals surface area contributed by atoms with E-state index < -0.39 is 0 Å². The standard InChI is InChI=1S/C14H19ClFN/c1-17-14-8-3-2-5-10(14)9-11-12(15)6-4-7-13(11)16/h4,6-7,10,14,17H,2-3,5,8-9H2,1H3. The lowest BCUT2D eigenvalue weighted by atomic mass is 9.80. The summed E-state index contributed by atoms with van der Waals surface area (Å²) in [5, 5.41) is 3.91. The second-order valence-electron chi connectivity index (χ2n) is 4.84. The van der Waals surface area contributed by atoms with Crippen molar-refractivity contribution in [1.82, 2.24) is 5.32 Å². The van der Waals surface area contributed by atoms with Gasteiger partial charge in [-0.15, -0.1) is 0 Å². The molecule has 1 aromatic carbocycles. The molecule has 2 unspecified atom stereocenters. The van der Waals surface area contributed by atoms with Crippen molar-refractivity contribution in [3.8, 4) is 0 Å².